The predicted molar refractivity (Wildman–Crippen MR) is 52.1 cm³/mol. The monoisotopic (exact) mass is 205 g/mol. The lowest BCUT2D eigenvalue weighted by molar-refractivity contribution is -0.143. The van der Waals surface area contributed by atoms with Gasteiger partial charge in [0.2, 0.25) is 0 Å². The molecule has 0 aromatic heterocycles. The molecule has 1 aliphatic heterocycles. The van der Waals surface area contributed by atoms with Gasteiger partial charge in [-0.25, -0.2) is 0 Å². The minimum atomic E-state index is -0.579. The number of piperidine rings is 1. The number of carbonyl (C=O) groups is 1. The molecule has 13 heavy (non-hydrogen) atoms. The third-order valence-electron chi connectivity index (χ3n) is 3.35. The molecule has 3 atom stereocenters. The summed E-state index contributed by atoms with van der Waals surface area (Å²) in [6, 6.07) is 0. The number of nitrogens with one attached hydrogen (secondary N) is 1. The summed E-state index contributed by atoms with van der Waals surface area (Å²) in [7, 11) is 0. The molecule has 2 rings (SSSR count). The van der Waals surface area contributed by atoms with Gasteiger partial charge >= 0.3 is 5.97 Å². The van der Waals surface area contributed by atoms with E-state index in [-0.39, 0.29) is 18.3 Å². The van der Waals surface area contributed by atoms with Gasteiger partial charge in [-0.1, -0.05) is 0 Å². The van der Waals surface area contributed by atoms with Gasteiger partial charge in [-0.15, -0.1) is 12.4 Å². The smallest absolute Gasteiger partial charge is 0.306 e. The van der Waals surface area contributed by atoms with Crippen molar-refractivity contribution in [2.75, 3.05) is 13.1 Å². The fourth-order valence-electron chi connectivity index (χ4n) is 2.70. The number of hydrogen-bond donors (Lipinski definition) is 2. The van der Waals surface area contributed by atoms with Crippen molar-refractivity contribution in [1.82, 2.24) is 5.32 Å². The van der Waals surface area contributed by atoms with Gasteiger partial charge in [0.1, 0.15) is 0 Å². The lowest BCUT2D eigenvalue weighted by Crippen LogP contribution is -2.37. The van der Waals surface area contributed by atoms with Crippen LogP contribution in [0, 0.1) is 17.8 Å². The molecule has 0 amide bonds. The van der Waals surface area contributed by atoms with Crippen molar-refractivity contribution in [3.63, 3.8) is 0 Å². The summed E-state index contributed by atoms with van der Waals surface area (Å²) >= 11 is 0. The highest BCUT2D eigenvalue weighted by atomic mass is 35.5. The zero-order chi connectivity index (χ0) is 8.55. The summed E-state index contributed by atoms with van der Waals surface area (Å²) in [4.78, 5) is 10.8. The summed E-state index contributed by atoms with van der Waals surface area (Å²) in [6.45, 7) is 2.04. The van der Waals surface area contributed by atoms with Crippen molar-refractivity contribution >= 4 is 18.4 Å². The van der Waals surface area contributed by atoms with Gasteiger partial charge in [0, 0.05) is 0 Å². The fraction of sp³-hybridized carbons (Fsp3) is 0.889. The van der Waals surface area contributed by atoms with Crippen molar-refractivity contribution in [3.05, 3.63) is 0 Å². The second-order valence-corrected chi connectivity index (χ2v) is 3.94. The van der Waals surface area contributed by atoms with Crippen molar-refractivity contribution in [2.24, 2.45) is 17.8 Å². The molecule has 1 aliphatic carbocycles. The van der Waals surface area contributed by atoms with E-state index in [1.54, 1.807) is 0 Å². The Labute approximate surface area is 84.3 Å². The maximum Gasteiger partial charge on any atom is 0.306 e. The first-order valence-corrected chi connectivity index (χ1v) is 4.72. The minimum Gasteiger partial charge on any atom is -0.481 e. The maximum atomic E-state index is 10.8. The van der Waals surface area contributed by atoms with Gasteiger partial charge in [-0.05, 0) is 44.2 Å². The average molecular weight is 206 g/mol. The Morgan fingerprint density at radius 1 is 1.31 bits per heavy atom. The van der Waals surface area contributed by atoms with Crippen LogP contribution in [0.25, 0.3) is 0 Å². The molecule has 1 saturated heterocycles. The first-order valence-electron chi connectivity index (χ1n) is 4.72. The topological polar surface area (TPSA) is 49.3 Å². The Morgan fingerprint density at radius 3 is 2.77 bits per heavy atom. The Bertz CT molecular complexity index is 198. The summed E-state index contributed by atoms with van der Waals surface area (Å²) < 4.78 is 0. The van der Waals surface area contributed by atoms with Crippen molar-refractivity contribution < 1.29 is 9.90 Å². The van der Waals surface area contributed by atoms with Crippen LogP contribution in [0.5, 0.6) is 0 Å². The van der Waals surface area contributed by atoms with Crippen molar-refractivity contribution in [3.8, 4) is 0 Å². The molecule has 3 nitrogen and oxygen atoms in total. The molecule has 0 spiro atoms. The summed E-state index contributed by atoms with van der Waals surface area (Å²) in [5.74, 6) is 0.477. The number of hydrogen-bond acceptors (Lipinski definition) is 2. The quantitative estimate of drug-likeness (QED) is 0.675. The molecule has 1 heterocycles. The molecule has 1 saturated carbocycles. The first kappa shape index (κ1) is 10.8. The third kappa shape index (κ3) is 1.97. The SMILES string of the molecule is Cl.O=C(O)[C@@H]1CC[C@@H]2CNCC[C@@H]21. The Hall–Kier alpha value is -0.280. The molecule has 2 fully saturated rings. The standard InChI is InChI=1S/C9H15NO2.ClH/c11-9(12)8-2-1-6-5-10-4-3-7(6)8;/h6-8,10H,1-5H2,(H,11,12);1H/t6-,7+,8-;/m1./s1. The number of carboxylic acid groups (broad SMARTS) is 1. The molecule has 2 aliphatic rings. The van der Waals surface area contributed by atoms with E-state index in [1.165, 1.54) is 0 Å². The first-order chi connectivity index (χ1) is 5.79. The van der Waals surface area contributed by atoms with E-state index in [1.807, 2.05) is 0 Å². The summed E-state index contributed by atoms with van der Waals surface area (Å²) in [5.41, 5.74) is 0. The highest BCUT2D eigenvalue weighted by Crippen LogP contribution is 2.40. The van der Waals surface area contributed by atoms with Gasteiger partial charge in [-0.3, -0.25) is 4.79 Å². The number of fused-ring (bicyclic) bond motifs is 1. The van der Waals surface area contributed by atoms with E-state index in [9.17, 15) is 4.79 Å². The highest BCUT2D eigenvalue weighted by Gasteiger charge is 2.40. The van der Waals surface area contributed by atoms with Crippen LogP contribution < -0.4 is 5.32 Å². The molecule has 4 heteroatoms. The number of halogens is 1. The molecule has 0 radical (unpaired) electrons. The fourth-order valence-corrected chi connectivity index (χ4v) is 2.70. The molecule has 0 unspecified atom stereocenters. The van der Waals surface area contributed by atoms with Gasteiger partial charge in [0.15, 0.2) is 0 Å². The number of carboxylic acids is 1. The van der Waals surface area contributed by atoms with Crippen LogP contribution in [0.15, 0.2) is 0 Å². The van der Waals surface area contributed by atoms with Gasteiger partial charge in [-0.2, -0.15) is 0 Å². The molecule has 76 valence electrons. The zero-order valence-corrected chi connectivity index (χ0v) is 8.35. The molecule has 0 aromatic rings. The van der Waals surface area contributed by atoms with E-state index >= 15 is 0 Å². The predicted octanol–water partition coefficient (Wildman–Crippen LogP) is 1.13. The average Bonchev–Trinajstić information content (AvgIpc) is 2.47. The summed E-state index contributed by atoms with van der Waals surface area (Å²) in [5, 5.41) is 12.3. The van der Waals surface area contributed by atoms with E-state index in [0.717, 1.165) is 32.4 Å². The normalized spacial score (nSPS) is 37.7. The van der Waals surface area contributed by atoms with E-state index in [2.05, 4.69) is 5.32 Å². The van der Waals surface area contributed by atoms with Gasteiger partial charge in [0.25, 0.3) is 0 Å². The van der Waals surface area contributed by atoms with Crippen LogP contribution in [0.1, 0.15) is 19.3 Å². The second-order valence-electron chi connectivity index (χ2n) is 3.94. The van der Waals surface area contributed by atoms with Crippen LogP contribution in [-0.4, -0.2) is 24.2 Å². The van der Waals surface area contributed by atoms with E-state index < -0.39 is 5.97 Å². The second kappa shape index (κ2) is 4.29. The number of aliphatic carboxylic acids is 1. The Morgan fingerprint density at radius 2 is 2.08 bits per heavy atom. The Balaban J connectivity index is 0.000000845. The van der Waals surface area contributed by atoms with E-state index in [4.69, 9.17) is 5.11 Å². The van der Waals surface area contributed by atoms with Crippen molar-refractivity contribution in [1.29, 1.82) is 0 Å². The lowest BCUT2D eigenvalue weighted by atomic mass is 9.84. The van der Waals surface area contributed by atoms with Crippen LogP contribution in [-0.2, 0) is 4.79 Å². The largest absolute Gasteiger partial charge is 0.481 e. The van der Waals surface area contributed by atoms with Crippen LogP contribution in [0.3, 0.4) is 0 Å². The van der Waals surface area contributed by atoms with Crippen molar-refractivity contribution in [2.45, 2.75) is 19.3 Å². The van der Waals surface area contributed by atoms with Gasteiger partial charge in [0.05, 0.1) is 5.92 Å². The summed E-state index contributed by atoms with van der Waals surface area (Å²) in [6.07, 6.45) is 3.06. The van der Waals surface area contributed by atoms with Crippen LogP contribution >= 0.6 is 12.4 Å². The highest BCUT2D eigenvalue weighted by molar-refractivity contribution is 5.85. The Kier molecular flexibility index (Phi) is 3.56. The maximum absolute atomic E-state index is 10.8. The molecular formula is C9H16ClNO2. The van der Waals surface area contributed by atoms with Gasteiger partial charge < -0.3 is 10.4 Å². The van der Waals surface area contributed by atoms with Crippen LogP contribution in [0.2, 0.25) is 0 Å². The molecular weight excluding hydrogens is 190 g/mol. The lowest BCUT2D eigenvalue weighted by Gasteiger charge is -2.28. The third-order valence-corrected chi connectivity index (χ3v) is 3.35. The number of rotatable bonds is 1. The minimum absolute atomic E-state index is 0. The molecule has 0 bridgehead atoms. The van der Waals surface area contributed by atoms with Crippen LogP contribution in [0.4, 0.5) is 0 Å². The van der Waals surface area contributed by atoms with E-state index in [0.29, 0.717) is 11.8 Å². The zero-order valence-electron chi connectivity index (χ0n) is 7.53. The molecule has 0 aromatic carbocycles. The molecule has 2 N–H and O–H groups in total.